The Hall–Kier alpha value is -2.57. The number of nitrogens with one attached hydrogen (secondary N) is 1. The van der Waals surface area contributed by atoms with Gasteiger partial charge in [-0.2, -0.15) is 27.9 Å². The number of hydrogen-bond donors (Lipinski definition) is 2. The zero-order valence-corrected chi connectivity index (χ0v) is 14.1. The molecule has 2 heterocycles. The number of urea groups is 1. The molecule has 0 bridgehead atoms. The van der Waals surface area contributed by atoms with E-state index in [4.69, 9.17) is 14.6 Å². The maximum absolute atomic E-state index is 12.7. The number of quaternary nitrogens is 1. The molecule has 0 saturated heterocycles. The fraction of sp³-hybridized carbons (Fsp3) is 0.333. The number of ether oxygens (including phenoxy) is 2. The summed E-state index contributed by atoms with van der Waals surface area (Å²) in [5.41, 5.74) is 0. The predicted octanol–water partition coefficient (Wildman–Crippen LogP) is -0.00830. The third-order valence-corrected chi connectivity index (χ3v) is 4.22. The van der Waals surface area contributed by atoms with Crippen LogP contribution in [0.5, 0.6) is 11.8 Å². The number of methoxy groups -OCH3 is 2. The molecule has 3 N–H and O–H groups in total. The smallest absolute Gasteiger partial charge is 0.435 e. The summed E-state index contributed by atoms with van der Waals surface area (Å²) in [6.07, 6.45) is 2.52. The fourth-order valence-electron chi connectivity index (χ4n) is 2.08. The van der Waals surface area contributed by atoms with Crippen molar-refractivity contribution in [2.24, 2.45) is 10.1 Å². The zero-order valence-electron chi connectivity index (χ0n) is 13.3. The van der Waals surface area contributed by atoms with Gasteiger partial charge in [0.15, 0.2) is 0 Å². The van der Waals surface area contributed by atoms with E-state index in [-0.39, 0.29) is 24.3 Å². The SMILES string of the molecule is CC[N+]1(C(=O)Nc2nc(OC)cc(OC)n2)C=CN=C1S(N)(=O)=O. The Morgan fingerprint density at radius 3 is 2.33 bits per heavy atom. The van der Waals surface area contributed by atoms with Crippen molar-refractivity contribution in [3.63, 3.8) is 0 Å². The molecule has 11 nitrogen and oxygen atoms in total. The number of nitrogens with zero attached hydrogens (tertiary/aromatic N) is 4. The van der Waals surface area contributed by atoms with Crippen LogP contribution in [0.4, 0.5) is 10.7 Å². The molecule has 0 spiro atoms. The van der Waals surface area contributed by atoms with Crippen LogP contribution in [-0.2, 0) is 10.0 Å². The number of aliphatic imine (C=N–C) groups is 1. The second-order valence-corrected chi connectivity index (χ2v) is 6.10. The van der Waals surface area contributed by atoms with Crippen LogP contribution in [0.2, 0.25) is 0 Å². The van der Waals surface area contributed by atoms with E-state index in [0.29, 0.717) is 0 Å². The van der Waals surface area contributed by atoms with E-state index in [9.17, 15) is 13.2 Å². The van der Waals surface area contributed by atoms with Crippen LogP contribution in [0.1, 0.15) is 6.92 Å². The average molecular weight is 357 g/mol. The molecule has 1 aliphatic heterocycles. The molecule has 1 aromatic heterocycles. The Labute approximate surface area is 138 Å². The molecule has 0 aromatic carbocycles. The number of amides is 2. The second-order valence-electron chi connectivity index (χ2n) is 4.65. The summed E-state index contributed by atoms with van der Waals surface area (Å²) in [6, 6.07) is 0.682. The number of primary sulfonamides is 1. The average Bonchev–Trinajstić information content (AvgIpc) is 3.00. The van der Waals surface area contributed by atoms with Crippen LogP contribution in [0, 0.1) is 0 Å². The highest BCUT2D eigenvalue weighted by atomic mass is 32.2. The van der Waals surface area contributed by atoms with Gasteiger partial charge in [0.1, 0.15) is 6.20 Å². The highest BCUT2D eigenvalue weighted by Gasteiger charge is 2.48. The summed E-state index contributed by atoms with van der Waals surface area (Å²) in [5, 5.41) is 7.09. The molecule has 1 aromatic rings. The van der Waals surface area contributed by atoms with E-state index >= 15 is 0 Å². The predicted molar refractivity (Wildman–Crippen MR) is 84.6 cm³/mol. The molecule has 2 amide bonds. The largest absolute Gasteiger partial charge is 0.481 e. The maximum Gasteiger partial charge on any atom is 0.435 e. The monoisotopic (exact) mass is 357 g/mol. The van der Waals surface area contributed by atoms with Gasteiger partial charge in [-0.3, -0.25) is 0 Å². The van der Waals surface area contributed by atoms with Crippen LogP contribution >= 0.6 is 0 Å². The van der Waals surface area contributed by atoms with Crippen LogP contribution in [0.25, 0.3) is 0 Å². The molecule has 130 valence electrons. The van der Waals surface area contributed by atoms with Gasteiger partial charge in [-0.25, -0.2) is 15.3 Å². The van der Waals surface area contributed by atoms with E-state index in [1.807, 2.05) is 0 Å². The van der Waals surface area contributed by atoms with Crippen molar-refractivity contribution < 1.29 is 27.2 Å². The summed E-state index contributed by atoms with van der Waals surface area (Å²) in [7, 11) is -1.39. The van der Waals surface area contributed by atoms with E-state index in [1.165, 1.54) is 32.7 Å². The van der Waals surface area contributed by atoms with Crippen molar-refractivity contribution in [2.75, 3.05) is 26.1 Å². The number of amidine groups is 1. The van der Waals surface area contributed by atoms with Gasteiger partial charge in [-0.15, -0.1) is 0 Å². The van der Waals surface area contributed by atoms with Crippen molar-refractivity contribution in [3.8, 4) is 11.8 Å². The van der Waals surface area contributed by atoms with Gasteiger partial charge in [-0.05, 0) is 6.92 Å². The van der Waals surface area contributed by atoms with Gasteiger partial charge in [0.05, 0.1) is 33.0 Å². The minimum Gasteiger partial charge on any atom is -0.481 e. The molecule has 1 atom stereocenters. The zero-order chi connectivity index (χ0) is 18.0. The van der Waals surface area contributed by atoms with Crippen LogP contribution in [0.3, 0.4) is 0 Å². The number of rotatable bonds is 4. The molecule has 0 saturated carbocycles. The Morgan fingerprint density at radius 1 is 1.29 bits per heavy atom. The second kappa shape index (κ2) is 6.51. The van der Waals surface area contributed by atoms with Gasteiger partial charge in [0, 0.05) is 0 Å². The third kappa shape index (κ3) is 3.20. The standard InChI is InChI=1S/C12H16N6O5S/c1-4-18(6-5-14-12(18)24(13,20)21)11(19)17-10-15-8(22-2)7-9(16-10)23-3/h5-7H,4H2,1-3H3,(H2-,13,15,16,17,19,20,21)/p+1. The molecule has 0 fully saturated rings. The summed E-state index contributed by atoms with van der Waals surface area (Å²) in [5.74, 6) is 0.214. The number of nitrogens with two attached hydrogens (primary N) is 1. The molecule has 24 heavy (non-hydrogen) atoms. The lowest BCUT2D eigenvalue weighted by Gasteiger charge is -2.26. The first-order valence-electron chi connectivity index (χ1n) is 6.72. The van der Waals surface area contributed by atoms with E-state index in [0.717, 1.165) is 0 Å². The van der Waals surface area contributed by atoms with Gasteiger partial charge in [-0.1, -0.05) is 0 Å². The lowest BCUT2D eigenvalue weighted by molar-refractivity contribution is -0.688. The molecule has 1 unspecified atom stereocenters. The van der Waals surface area contributed by atoms with Crippen molar-refractivity contribution in [1.82, 2.24) is 9.97 Å². The number of carbonyl (C=O) groups excluding carboxylic acids is 1. The Kier molecular flexibility index (Phi) is 4.82. The minimum atomic E-state index is -4.18. The maximum atomic E-state index is 12.7. The van der Waals surface area contributed by atoms with E-state index in [1.54, 1.807) is 6.92 Å². The van der Waals surface area contributed by atoms with Crippen LogP contribution in [-0.4, -0.2) is 54.8 Å². The summed E-state index contributed by atoms with van der Waals surface area (Å²) in [4.78, 5) is 24.3. The Morgan fingerprint density at radius 2 is 1.88 bits per heavy atom. The van der Waals surface area contributed by atoms with Crippen molar-refractivity contribution in [3.05, 3.63) is 18.5 Å². The first-order valence-corrected chi connectivity index (χ1v) is 8.26. The molecule has 0 aliphatic carbocycles. The summed E-state index contributed by atoms with van der Waals surface area (Å²) >= 11 is 0. The minimum absolute atomic E-state index is 0.0682. The molecule has 12 heteroatoms. The Balaban J connectivity index is 2.38. The summed E-state index contributed by atoms with van der Waals surface area (Å²) < 4.78 is 32.7. The first kappa shape index (κ1) is 17.8. The fourth-order valence-corrected chi connectivity index (χ4v) is 3.02. The number of sulfonamides is 1. The van der Waals surface area contributed by atoms with Gasteiger partial charge >= 0.3 is 21.2 Å². The molecule has 2 rings (SSSR count). The molecular weight excluding hydrogens is 340 g/mol. The Bertz CT molecular complexity index is 799. The van der Waals surface area contributed by atoms with Gasteiger partial charge in [0.2, 0.25) is 17.7 Å². The third-order valence-electron chi connectivity index (χ3n) is 3.28. The van der Waals surface area contributed by atoms with Crippen molar-refractivity contribution >= 4 is 27.2 Å². The summed E-state index contributed by atoms with van der Waals surface area (Å²) in [6.45, 7) is 1.68. The highest BCUT2D eigenvalue weighted by Crippen LogP contribution is 2.23. The molecule has 1 aliphatic rings. The highest BCUT2D eigenvalue weighted by molar-refractivity contribution is 8.04. The lowest BCUT2D eigenvalue weighted by atomic mass is 10.5. The number of hydrogen-bond acceptors (Lipinski definition) is 8. The van der Waals surface area contributed by atoms with Crippen molar-refractivity contribution in [1.29, 1.82) is 0 Å². The molecule has 0 radical (unpaired) electrons. The van der Waals surface area contributed by atoms with Crippen LogP contribution in [0.15, 0.2) is 23.5 Å². The molecular formula is C12H17N6O5S+. The van der Waals surface area contributed by atoms with Crippen molar-refractivity contribution in [2.45, 2.75) is 6.92 Å². The lowest BCUT2D eigenvalue weighted by Crippen LogP contribution is -2.57. The normalized spacial score (nSPS) is 19.8. The van der Waals surface area contributed by atoms with Gasteiger partial charge < -0.3 is 9.47 Å². The quantitative estimate of drug-likeness (QED) is 0.721. The number of carbonyl (C=O) groups is 1. The number of anilines is 1. The van der Waals surface area contributed by atoms with Crippen LogP contribution < -0.4 is 19.9 Å². The van der Waals surface area contributed by atoms with Gasteiger partial charge in [0.25, 0.3) is 0 Å². The first-order chi connectivity index (χ1) is 11.3. The van der Waals surface area contributed by atoms with E-state index < -0.39 is 25.7 Å². The topological polar surface area (TPSA) is 146 Å². The number of aromatic nitrogens is 2. The van der Waals surface area contributed by atoms with E-state index in [2.05, 4.69) is 20.3 Å².